The Bertz CT molecular complexity index is 170. The summed E-state index contributed by atoms with van der Waals surface area (Å²) in [7, 11) is 0. The van der Waals surface area contributed by atoms with Crippen molar-refractivity contribution in [2.45, 2.75) is 52.5 Å². The highest BCUT2D eigenvalue weighted by Gasteiger charge is 2.29. The van der Waals surface area contributed by atoms with Crippen molar-refractivity contribution in [2.24, 2.45) is 17.8 Å². The summed E-state index contributed by atoms with van der Waals surface area (Å²) in [5.41, 5.74) is 0. The molecule has 90 valence electrons. The van der Waals surface area contributed by atoms with E-state index in [9.17, 15) is 0 Å². The van der Waals surface area contributed by atoms with Gasteiger partial charge in [-0.2, -0.15) is 0 Å². The second kappa shape index (κ2) is 6.49. The lowest BCUT2D eigenvalue weighted by molar-refractivity contribution is 0.167. The van der Waals surface area contributed by atoms with Gasteiger partial charge >= 0.3 is 0 Å². The van der Waals surface area contributed by atoms with Crippen molar-refractivity contribution in [3.63, 3.8) is 0 Å². The molecule has 0 amide bonds. The molecule has 0 aromatic carbocycles. The molecule has 0 heterocycles. The Morgan fingerprint density at radius 1 is 1.33 bits per heavy atom. The normalized spacial score (nSPS) is 32.2. The minimum atomic E-state index is 0.307. The number of hydrogen-bond acceptors (Lipinski definition) is 2. The van der Waals surface area contributed by atoms with Crippen molar-refractivity contribution in [3.8, 4) is 0 Å². The van der Waals surface area contributed by atoms with Gasteiger partial charge in [0.2, 0.25) is 0 Å². The smallest absolute Gasteiger partial charge is 0.0443 e. The largest absolute Gasteiger partial charge is 0.396 e. The molecule has 1 aliphatic carbocycles. The molecule has 3 atom stereocenters. The van der Waals surface area contributed by atoms with E-state index in [4.69, 9.17) is 5.11 Å². The molecule has 0 aromatic heterocycles. The highest BCUT2D eigenvalue weighted by atomic mass is 16.3. The van der Waals surface area contributed by atoms with Gasteiger partial charge in [-0.1, -0.05) is 27.2 Å². The first kappa shape index (κ1) is 13.0. The Hall–Kier alpha value is -0.0800. The zero-order valence-electron chi connectivity index (χ0n) is 10.5. The topological polar surface area (TPSA) is 32.3 Å². The van der Waals surface area contributed by atoms with E-state index in [0.717, 1.165) is 30.7 Å². The lowest BCUT2D eigenvalue weighted by atomic mass is 9.74. The fraction of sp³-hybridized carbons (Fsp3) is 1.00. The van der Waals surface area contributed by atoms with Crippen LogP contribution in [0, 0.1) is 17.8 Å². The molecule has 15 heavy (non-hydrogen) atoms. The van der Waals surface area contributed by atoms with Crippen LogP contribution in [0.25, 0.3) is 0 Å². The molecule has 2 heteroatoms. The molecule has 0 saturated heterocycles. The van der Waals surface area contributed by atoms with Crippen LogP contribution in [-0.4, -0.2) is 24.3 Å². The third-order valence-corrected chi connectivity index (χ3v) is 3.76. The number of aliphatic hydroxyl groups is 1. The van der Waals surface area contributed by atoms with Crippen LogP contribution < -0.4 is 5.32 Å². The van der Waals surface area contributed by atoms with Crippen molar-refractivity contribution in [1.82, 2.24) is 5.32 Å². The zero-order chi connectivity index (χ0) is 11.3. The zero-order valence-corrected chi connectivity index (χ0v) is 10.5. The van der Waals surface area contributed by atoms with Gasteiger partial charge < -0.3 is 10.4 Å². The van der Waals surface area contributed by atoms with Crippen LogP contribution in [0.3, 0.4) is 0 Å². The number of hydrogen-bond donors (Lipinski definition) is 2. The van der Waals surface area contributed by atoms with Crippen LogP contribution in [0.5, 0.6) is 0 Å². The molecule has 0 aliphatic heterocycles. The van der Waals surface area contributed by atoms with Gasteiger partial charge in [0.05, 0.1) is 0 Å². The van der Waals surface area contributed by atoms with Crippen molar-refractivity contribution in [1.29, 1.82) is 0 Å². The second-order valence-electron chi connectivity index (χ2n) is 5.46. The van der Waals surface area contributed by atoms with E-state index in [1.807, 2.05) is 0 Å². The van der Waals surface area contributed by atoms with Crippen LogP contribution >= 0.6 is 0 Å². The molecule has 1 fully saturated rings. The molecular weight excluding hydrogens is 186 g/mol. The van der Waals surface area contributed by atoms with Gasteiger partial charge in [0.1, 0.15) is 0 Å². The van der Waals surface area contributed by atoms with Crippen LogP contribution in [0.4, 0.5) is 0 Å². The Morgan fingerprint density at radius 3 is 2.67 bits per heavy atom. The fourth-order valence-electron chi connectivity index (χ4n) is 2.80. The van der Waals surface area contributed by atoms with E-state index >= 15 is 0 Å². The average molecular weight is 213 g/mol. The number of aliphatic hydroxyl groups excluding tert-OH is 1. The fourth-order valence-corrected chi connectivity index (χ4v) is 2.80. The first-order valence-electron chi connectivity index (χ1n) is 6.49. The molecular formula is C13H27NO. The molecule has 0 spiro atoms. The highest BCUT2D eigenvalue weighted by molar-refractivity contribution is 4.85. The van der Waals surface area contributed by atoms with Gasteiger partial charge in [-0.15, -0.1) is 0 Å². The summed E-state index contributed by atoms with van der Waals surface area (Å²) in [6.45, 7) is 8.30. The van der Waals surface area contributed by atoms with Crippen molar-refractivity contribution in [3.05, 3.63) is 0 Å². The highest BCUT2D eigenvalue weighted by Crippen LogP contribution is 2.33. The van der Waals surface area contributed by atoms with Crippen LogP contribution in [0.15, 0.2) is 0 Å². The van der Waals surface area contributed by atoms with Crippen molar-refractivity contribution in [2.75, 3.05) is 13.2 Å². The monoisotopic (exact) mass is 213 g/mol. The van der Waals surface area contributed by atoms with E-state index in [1.54, 1.807) is 0 Å². The van der Waals surface area contributed by atoms with E-state index in [2.05, 4.69) is 26.1 Å². The standard InChI is InChI=1S/C13H27NO/c1-10(2)12-6-5-11(3)9-13(12)14-7-4-8-15/h10-15H,4-9H2,1-3H3/t11-,12-,13+/m0/s1. The maximum atomic E-state index is 8.78. The third kappa shape index (κ3) is 4.12. The molecule has 0 aromatic rings. The van der Waals surface area contributed by atoms with Crippen LogP contribution in [0.2, 0.25) is 0 Å². The maximum Gasteiger partial charge on any atom is 0.0443 e. The lowest BCUT2D eigenvalue weighted by Gasteiger charge is -2.38. The number of nitrogens with one attached hydrogen (secondary N) is 1. The molecule has 2 nitrogen and oxygen atoms in total. The van der Waals surface area contributed by atoms with Crippen LogP contribution in [0.1, 0.15) is 46.5 Å². The van der Waals surface area contributed by atoms with Crippen molar-refractivity contribution < 1.29 is 5.11 Å². The first-order valence-corrected chi connectivity index (χ1v) is 6.49. The van der Waals surface area contributed by atoms with Gasteiger partial charge in [0, 0.05) is 12.6 Å². The van der Waals surface area contributed by atoms with Gasteiger partial charge in [-0.05, 0) is 43.6 Å². The van der Waals surface area contributed by atoms with E-state index in [1.165, 1.54) is 19.3 Å². The first-order chi connectivity index (χ1) is 7.15. The average Bonchev–Trinajstić information content (AvgIpc) is 2.18. The molecule has 0 radical (unpaired) electrons. The molecule has 0 unspecified atom stereocenters. The molecule has 0 bridgehead atoms. The SMILES string of the molecule is CC(C)[C@@H]1CC[C@H](C)C[C@H]1NCCCO. The van der Waals surface area contributed by atoms with E-state index < -0.39 is 0 Å². The van der Waals surface area contributed by atoms with Gasteiger partial charge in [-0.25, -0.2) is 0 Å². The summed E-state index contributed by atoms with van der Waals surface area (Å²) < 4.78 is 0. The van der Waals surface area contributed by atoms with E-state index in [-0.39, 0.29) is 0 Å². The van der Waals surface area contributed by atoms with Crippen LogP contribution in [-0.2, 0) is 0 Å². The molecule has 1 rings (SSSR count). The van der Waals surface area contributed by atoms with Gasteiger partial charge in [0.15, 0.2) is 0 Å². The second-order valence-corrected chi connectivity index (χ2v) is 5.46. The summed E-state index contributed by atoms with van der Waals surface area (Å²) in [5, 5.41) is 12.4. The minimum absolute atomic E-state index is 0.307. The maximum absolute atomic E-state index is 8.78. The molecule has 2 N–H and O–H groups in total. The lowest BCUT2D eigenvalue weighted by Crippen LogP contribution is -2.43. The quantitative estimate of drug-likeness (QED) is 0.687. The van der Waals surface area contributed by atoms with Crippen molar-refractivity contribution >= 4 is 0 Å². The predicted molar refractivity (Wildman–Crippen MR) is 64.8 cm³/mol. The third-order valence-electron chi connectivity index (χ3n) is 3.76. The summed E-state index contributed by atoms with van der Waals surface area (Å²) in [4.78, 5) is 0. The minimum Gasteiger partial charge on any atom is -0.396 e. The molecule has 1 saturated carbocycles. The Kier molecular flexibility index (Phi) is 5.62. The van der Waals surface area contributed by atoms with E-state index in [0.29, 0.717) is 12.6 Å². The van der Waals surface area contributed by atoms with Gasteiger partial charge in [-0.3, -0.25) is 0 Å². The predicted octanol–water partition coefficient (Wildman–Crippen LogP) is 2.42. The summed E-state index contributed by atoms with van der Waals surface area (Å²) >= 11 is 0. The Labute approximate surface area is 94.5 Å². The van der Waals surface area contributed by atoms with Gasteiger partial charge in [0.25, 0.3) is 0 Å². The summed E-state index contributed by atoms with van der Waals surface area (Å²) in [5.74, 6) is 2.48. The number of rotatable bonds is 5. The molecule has 1 aliphatic rings. The summed E-state index contributed by atoms with van der Waals surface area (Å²) in [6, 6.07) is 0.681. The Morgan fingerprint density at radius 2 is 2.07 bits per heavy atom. The summed E-state index contributed by atoms with van der Waals surface area (Å²) in [6.07, 6.45) is 4.96. The Balaban J connectivity index is 2.39.